The molecule has 18 heavy (non-hydrogen) atoms. The van der Waals surface area contributed by atoms with Gasteiger partial charge in [0.25, 0.3) is 0 Å². The SMILES string of the molecule is CCCCCCCCCCCC(=O)OC(C)C.[Ti+2]. The Kier molecular flexibility index (Phi) is 17.4. The van der Waals surface area contributed by atoms with Crippen molar-refractivity contribution >= 4 is 5.97 Å². The first-order valence-electron chi connectivity index (χ1n) is 7.36. The van der Waals surface area contributed by atoms with E-state index in [2.05, 4.69) is 6.92 Å². The van der Waals surface area contributed by atoms with Gasteiger partial charge in [0, 0.05) is 6.42 Å². The standard InChI is InChI=1S/C15H30O2.Ti/c1-4-5-6-7-8-9-10-11-12-13-15(16)17-14(2)3;/h14H,4-13H2,1-3H3;/q;+2. The third kappa shape index (κ3) is 16.2. The summed E-state index contributed by atoms with van der Waals surface area (Å²) in [6, 6.07) is 0. The molecule has 0 heterocycles. The second-order valence-electron chi connectivity index (χ2n) is 5.12. The fourth-order valence-electron chi connectivity index (χ4n) is 1.90. The molecule has 0 aromatic heterocycles. The maximum absolute atomic E-state index is 11.2. The summed E-state index contributed by atoms with van der Waals surface area (Å²) in [6.07, 6.45) is 12.2. The van der Waals surface area contributed by atoms with Crippen molar-refractivity contribution in [2.45, 2.75) is 91.1 Å². The van der Waals surface area contributed by atoms with Gasteiger partial charge in [-0.05, 0) is 20.3 Å². The molecule has 0 aromatic rings. The third-order valence-corrected chi connectivity index (χ3v) is 2.85. The van der Waals surface area contributed by atoms with Gasteiger partial charge in [-0.1, -0.05) is 58.3 Å². The van der Waals surface area contributed by atoms with Gasteiger partial charge in [0.15, 0.2) is 0 Å². The van der Waals surface area contributed by atoms with Crippen molar-refractivity contribution in [3.8, 4) is 0 Å². The number of unbranched alkanes of at least 4 members (excludes halogenated alkanes) is 8. The zero-order valence-corrected chi connectivity index (χ0v) is 14.0. The van der Waals surface area contributed by atoms with Crippen molar-refractivity contribution in [1.82, 2.24) is 0 Å². The molecule has 0 saturated heterocycles. The quantitative estimate of drug-likeness (QED) is 0.309. The normalized spacial score (nSPS) is 10.2. The van der Waals surface area contributed by atoms with Crippen molar-refractivity contribution in [3.05, 3.63) is 0 Å². The number of esters is 1. The first kappa shape index (κ1) is 20.5. The van der Waals surface area contributed by atoms with E-state index in [-0.39, 0.29) is 33.8 Å². The number of hydrogen-bond donors (Lipinski definition) is 0. The van der Waals surface area contributed by atoms with Crippen LogP contribution in [0.2, 0.25) is 0 Å². The summed E-state index contributed by atoms with van der Waals surface area (Å²) in [5.41, 5.74) is 0. The molecular weight excluding hydrogens is 260 g/mol. The average molecular weight is 290 g/mol. The number of hydrogen-bond acceptors (Lipinski definition) is 2. The Balaban J connectivity index is 0. The van der Waals surface area contributed by atoms with Crippen LogP contribution in [-0.2, 0) is 31.2 Å². The molecule has 0 aliphatic heterocycles. The Morgan fingerprint density at radius 3 is 1.78 bits per heavy atom. The van der Waals surface area contributed by atoms with E-state index in [0.717, 1.165) is 6.42 Å². The van der Waals surface area contributed by atoms with E-state index < -0.39 is 0 Å². The Morgan fingerprint density at radius 2 is 1.33 bits per heavy atom. The van der Waals surface area contributed by atoms with Crippen LogP contribution < -0.4 is 0 Å². The van der Waals surface area contributed by atoms with Gasteiger partial charge in [0.1, 0.15) is 0 Å². The predicted molar refractivity (Wildman–Crippen MR) is 73.1 cm³/mol. The fraction of sp³-hybridized carbons (Fsp3) is 0.933. The van der Waals surface area contributed by atoms with Gasteiger partial charge in [-0.3, -0.25) is 4.79 Å². The van der Waals surface area contributed by atoms with Crippen molar-refractivity contribution in [2.75, 3.05) is 0 Å². The number of rotatable bonds is 11. The summed E-state index contributed by atoms with van der Waals surface area (Å²) >= 11 is 0. The van der Waals surface area contributed by atoms with Crippen molar-refractivity contribution in [3.63, 3.8) is 0 Å². The van der Waals surface area contributed by atoms with E-state index >= 15 is 0 Å². The molecule has 0 saturated carbocycles. The van der Waals surface area contributed by atoms with Crippen LogP contribution in [0.1, 0.15) is 85.0 Å². The maximum atomic E-state index is 11.2. The molecule has 0 N–H and O–H groups in total. The minimum absolute atomic E-state index is 0. The predicted octanol–water partition coefficient (Wildman–Crippen LogP) is 4.86. The molecule has 0 bridgehead atoms. The molecule has 0 unspecified atom stereocenters. The van der Waals surface area contributed by atoms with E-state index in [0.29, 0.717) is 6.42 Å². The van der Waals surface area contributed by atoms with Crippen LogP contribution in [0.4, 0.5) is 0 Å². The van der Waals surface area contributed by atoms with E-state index in [9.17, 15) is 4.79 Å². The summed E-state index contributed by atoms with van der Waals surface area (Å²) in [5, 5.41) is 0. The minimum atomic E-state index is -0.0389. The summed E-state index contributed by atoms with van der Waals surface area (Å²) in [4.78, 5) is 11.2. The van der Waals surface area contributed by atoms with Gasteiger partial charge in [-0.15, -0.1) is 0 Å². The van der Waals surface area contributed by atoms with Crippen molar-refractivity contribution < 1.29 is 31.2 Å². The van der Waals surface area contributed by atoms with E-state index in [1.165, 1.54) is 51.4 Å². The first-order chi connectivity index (χ1) is 8.16. The van der Waals surface area contributed by atoms with Crippen LogP contribution in [0.3, 0.4) is 0 Å². The molecule has 0 aliphatic carbocycles. The second kappa shape index (κ2) is 15.2. The van der Waals surface area contributed by atoms with Gasteiger partial charge >= 0.3 is 27.7 Å². The van der Waals surface area contributed by atoms with E-state index in [1.807, 2.05) is 13.8 Å². The smallest absolute Gasteiger partial charge is 0.463 e. The molecule has 3 heteroatoms. The Bertz CT molecular complexity index is 181. The topological polar surface area (TPSA) is 26.3 Å². The van der Waals surface area contributed by atoms with Crippen molar-refractivity contribution in [1.29, 1.82) is 0 Å². The number of ether oxygens (including phenoxy) is 1. The molecule has 0 aliphatic rings. The van der Waals surface area contributed by atoms with E-state index in [4.69, 9.17) is 4.74 Å². The molecule has 0 radical (unpaired) electrons. The summed E-state index contributed by atoms with van der Waals surface area (Å²) < 4.78 is 5.08. The first-order valence-corrected chi connectivity index (χ1v) is 7.36. The largest absolute Gasteiger partial charge is 2.00 e. The zero-order chi connectivity index (χ0) is 12.9. The molecule has 0 amide bonds. The maximum Gasteiger partial charge on any atom is 2.00 e. The average Bonchev–Trinajstić information content (AvgIpc) is 2.26. The molecule has 0 aromatic carbocycles. The van der Waals surface area contributed by atoms with Gasteiger partial charge in [-0.2, -0.15) is 0 Å². The Hall–Kier alpha value is 0.184. The van der Waals surface area contributed by atoms with E-state index in [1.54, 1.807) is 0 Å². The summed E-state index contributed by atoms with van der Waals surface area (Å²) in [5.74, 6) is -0.0389. The molecule has 0 spiro atoms. The molecular formula is C15H30O2Ti+2. The third-order valence-electron chi connectivity index (χ3n) is 2.85. The number of carbonyl (C=O) groups is 1. The Morgan fingerprint density at radius 1 is 0.889 bits per heavy atom. The van der Waals surface area contributed by atoms with Crippen LogP contribution in [0, 0.1) is 0 Å². The number of carbonyl (C=O) groups excluding carboxylic acids is 1. The molecule has 0 atom stereocenters. The monoisotopic (exact) mass is 290 g/mol. The van der Waals surface area contributed by atoms with Gasteiger partial charge in [0.05, 0.1) is 6.10 Å². The van der Waals surface area contributed by atoms with Crippen molar-refractivity contribution in [2.24, 2.45) is 0 Å². The van der Waals surface area contributed by atoms with Crippen LogP contribution in [0.15, 0.2) is 0 Å². The Labute approximate surface area is 128 Å². The molecule has 104 valence electrons. The van der Waals surface area contributed by atoms with Gasteiger partial charge < -0.3 is 4.74 Å². The molecule has 0 fully saturated rings. The summed E-state index contributed by atoms with van der Waals surface area (Å²) in [6.45, 7) is 6.04. The minimum Gasteiger partial charge on any atom is -0.463 e. The van der Waals surface area contributed by atoms with Crippen LogP contribution in [0.5, 0.6) is 0 Å². The summed E-state index contributed by atoms with van der Waals surface area (Å²) in [7, 11) is 0. The van der Waals surface area contributed by atoms with Gasteiger partial charge in [0.2, 0.25) is 0 Å². The fourth-order valence-corrected chi connectivity index (χ4v) is 1.90. The van der Waals surface area contributed by atoms with Crippen LogP contribution in [-0.4, -0.2) is 12.1 Å². The molecule has 2 nitrogen and oxygen atoms in total. The molecule has 0 rings (SSSR count). The second-order valence-corrected chi connectivity index (χ2v) is 5.12. The zero-order valence-electron chi connectivity index (χ0n) is 12.5. The van der Waals surface area contributed by atoms with Crippen LogP contribution >= 0.6 is 0 Å². The van der Waals surface area contributed by atoms with Crippen LogP contribution in [0.25, 0.3) is 0 Å². The van der Waals surface area contributed by atoms with Gasteiger partial charge in [-0.25, -0.2) is 0 Å².